The molecule has 0 saturated heterocycles. The maximum atomic E-state index is 12.4. The van der Waals surface area contributed by atoms with Gasteiger partial charge in [-0.15, -0.1) is 0 Å². The normalized spacial score (nSPS) is 13.0. The lowest BCUT2D eigenvalue weighted by Gasteiger charge is -2.15. The van der Waals surface area contributed by atoms with Gasteiger partial charge in [-0.1, -0.05) is 17.7 Å². The summed E-state index contributed by atoms with van der Waals surface area (Å²) in [5.41, 5.74) is 1.64. The smallest absolute Gasteiger partial charge is 0.238 e. The summed E-state index contributed by atoms with van der Waals surface area (Å²) in [5, 5.41) is 1.42. The third-order valence-corrected chi connectivity index (χ3v) is 5.29. The molecule has 0 saturated carbocycles. The molecule has 1 N–H and O–H groups in total. The quantitative estimate of drug-likeness (QED) is 0.802. The van der Waals surface area contributed by atoms with E-state index in [-0.39, 0.29) is 4.90 Å². The Morgan fingerprint density at radius 1 is 1.35 bits per heavy atom. The van der Waals surface area contributed by atoms with Crippen molar-refractivity contribution in [3.8, 4) is 0 Å². The molecule has 0 bridgehead atoms. The van der Waals surface area contributed by atoms with Gasteiger partial charge in [-0.2, -0.15) is 0 Å². The lowest BCUT2D eigenvalue weighted by molar-refractivity contribution is -0.120. The van der Waals surface area contributed by atoms with Gasteiger partial charge < -0.3 is 10.1 Å². The van der Waals surface area contributed by atoms with Crippen LogP contribution in [0.5, 0.6) is 0 Å². The molecule has 6 heteroatoms. The lowest BCUT2D eigenvalue weighted by atomic mass is 10.2. The molecule has 0 aliphatic carbocycles. The first kappa shape index (κ1) is 16.7. The molecule has 0 fully saturated rings. The van der Waals surface area contributed by atoms with E-state index in [2.05, 4.69) is 5.32 Å². The van der Waals surface area contributed by atoms with Gasteiger partial charge in [0.2, 0.25) is 5.91 Å². The number of ether oxygens (including phenoxy) is 1. The molecule has 1 atom stereocenters. The number of hydrogen-bond acceptors (Lipinski definition) is 4. The average Bonchev–Trinajstić information content (AvgIpc) is 2.37. The minimum absolute atomic E-state index is 0.206. The van der Waals surface area contributed by atoms with Crippen LogP contribution in [0.25, 0.3) is 0 Å². The Balaban J connectivity index is 2.95. The molecule has 0 heterocycles. The van der Waals surface area contributed by atoms with Gasteiger partial charge in [0.1, 0.15) is 5.25 Å². The van der Waals surface area contributed by atoms with Gasteiger partial charge in [0.05, 0.1) is 11.5 Å². The number of amides is 1. The summed E-state index contributed by atoms with van der Waals surface area (Å²) in [6.07, 6.45) is 0. The SMILES string of the molecule is COCCNC(=O)C(C)S(=O)(=O)c1ccc(C)cc1C. The van der Waals surface area contributed by atoms with E-state index < -0.39 is 21.0 Å². The van der Waals surface area contributed by atoms with Crippen LogP contribution in [-0.2, 0) is 19.4 Å². The third-order valence-electron chi connectivity index (χ3n) is 3.08. The largest absolute Gasteiger partial charge is 0.383 e. The van der Waals surface area contributed by atoms with Crippen molar-refractivity contribution in [2.45, 2.75) is 30.9 Å². The van der Waals surface area contributed by atoms with Crippen LogP contribution >= 0.6 is 0 Å². The third kappa shape index (κ3) is 3.80. The van der Waals surface area contributed by atoms with Gasteiger partial charge in [-0.25, -0.2) is 8.42 Å². The van der Waals surface area contributed by atoms with E-state index in [1.54, 1.807) is 25.1 Å². The first-order valence-corrected chi connectivity index (χ1v) is 7.93. The van der Waals surface area contributed by atoms with E-state index >= 15 is 0 Å². The van der Waals surface area contributed by atoms with E-state index in [4.69, 9.17) is 4.74 Å². The first-order valence-electron chi connectivity index (χ1n) is 6.38. The molecule has 0 aliphatic heterocycles. The maximum absolute atomic E-state index is 12.4. The van der Waals surface area contributed by atoms with E-state index in [1.165, 1.54) is 14.0 Å². The van der Waals surface area contributed by atoms with E-state index in [0.717, 1.165) is 5.56 Å². The summed E-state index contributed by atoms with van der Waals surface area (Å²) in [5.74, 6) is -0.512. The minimum Gasteiger partial charge on any atom is -0.383 e. The topological polar surface area (TPSA) is 72.5 Å². The summed E-state index contributed by atoms with van der Waals surface area (Å²) >= 11 is 0. The Morgan fingerprint density at radius 2 is 2.00 bits per heavy atom. The Hall–Kier alpha value is -1.40. The second-order valence-corrected chi connectivity index (χ2v) is 6.98. The van der Waals surface area contributed by atoms with E-state index in [0.29, 0.717) is 18.7 Å². The van der Waals surface area contributed by atoms with Gasteiger partial charge in [-0.3, -0.25) is 4.79 Å². The molecule has 0 aromatic heterocycles. The van der Waals surface area contributed by atoms with E-state index in [1.807, 2.05) is 6.92 Å². The van der Waals surface area contributed by atoms with Crippen LogP contribution in [0, 0.1) is 13.8 Å². The molecule has 1 rings (SSSR count). The zero-order valence-electron chi connectivity index (χ0n) is 12.3. The van der Waals surface area contributed by atoms with Gasteiger partial charge in [0.25, 0.3) is 0 Å². The Labute approximate surface area is 120 Å². The average molecular weight is 299 g/mol. The molecular formula is C14H21NO4S. The van der Waals surface area contributed by atoms with Gasteiger partial charge in [-0.05, 0) is 32.4 Å². The highest BCUT2D eigenvalue weighted by atomic mass is 32.2. The van der Waals surface area contributed by atoms with Crippen LogP contribution in [0.4, 0.5) is 0 Å². The molecule has 1 amide bonds. The second-order valence-electron chi connectivity index (χ2n) is 4.74. The zero-order valence-corrected chi connectivity index (χ0v) is 13.1. The van der Waals surface area contributed by atoms with Crippen molar-refractivity contribution in [2.24, 2.45) is 0 Å². The van der Waals surface area contributed by atoms with Crippen molar-refractivity contribution in [3.05, 3.63) is 29.3 Å². The van der Waals surface area contributed by atoms with Gasteiger partial charge in [0.15, 0.2) is 9.84 Å². The molecule has 112 valence electrons. The minimum atomic E-state index is -3.68. The molecule has 5 nitrogen and oxygen atoms in total. The van der Waals surface area contributed by atoms with E-state index in [9.17, 15) is 13.2 Å². The van der Waals surface area contributed by atoms with Crippen LogP contribution in [-0.4, -0.2) is 39.8 Å². The second kappa shape index (κ2) is 6.85. The van der Waals surface area contributed by atoms with Crippen LogP contribution in [0.1, 0.15) is 18.1 Å². The molecule has 1 unspecified atom stereocenters. The van der Waals surface area contributed by atoms with Crippen molar-refractivity contribution >= 4 is 15.7 Å². The van der Waals surface area contributed by atoms with Crippen LogP contribution < -0.4 is 5.32 Å². The molecule has 0 spiro atoms. The number of sulfone groups is 1. The monoisotopic (exact) mass is 299 g/mol. The fourth-order valence-electron chi connectivity index (χ4n) is 1.87. The van der Waals surface area contributed by atoms with Crippen LogP contribution in [0.15, 0.2) is 23.1 Å². The van der Waals surface area contributed by atoms with Crippen molar-refractivity contribution in [2.75, 3.05) is 20.3 Å². The molecule has 0 aliphatic rings. The van der Waals surface area contributed by atoms with Crippen LogP contribution in [0.3, 0.4) is 0 Å². The molecular weight excluding hydrogens is 278 g/mol. The number of methoxy groups -OCH3 is 1. The Bertz CT molecular complexity index is 581. The number of benzene rings is 1. The highest BCUT2D eigenvalue weighted by Crippen LogP contribution is 2.21. The number of carbonyl (C=O) groups is 1. The Morgan fingerprint density at radius 3 is 2.55 bits per heavy atom. The summed E-state index contributed by atoms with van der Waals surface area (Å²) < 4.78 is 29.7. The first-order chi connectivity index (χ1) is 9.30. The molecule has 20 heavy (non-hydrogen) atoms. The summed E-state index contributed by atoms with van der Waals surface area (Å²) in [7, 11) is -2.16. The Kier molecular flexibility index (Phi) is 5.71. The van der Waals surface area contributed by atoms with Crippen molar-refractivity contribution in [1.29, 1.82) is 0 Å². The number of carbonyl (C=O) groups excluding carboxylic acids is 1. The van der Waals surface area contributed by atoms with Crippen molar-refractivity contribution in [3.63, 3.8) is 0 Å². The zero-order chi connectivity index (χ0) is 15.3. The highest BCUT2D eigenvalue weighted by molar-refractivity contribution is 7.92. The number of hydrogen-bond donors (Lipinski definition) is 1. The standard InChI is InChI=1S/C14H21NO4S/c1-10-5-6-13(11(2)9-10)20(17,18)12(3)14(16)15-7-8-19-4/h5-6,9,12H,7-8H2,1-4H3,(H,15,16). The number of rotatable bonds is 6. The maximum Gasteiger partial charge on any atom is 0.238 e. The predicted molar refractivity (Wildman–Crippen MR) is 77.4 cm³/mol. The van der Waals surface area contributed by atoms with Gasteiger partial charge in [0, 0.05) is 13.7 Å². The lowest BCUT2D eigenvalue weighted by Crippen LogP contribution is -2.39. The predicted octanol–water partition coefficient (Wildman–Crippen LogP) is 1.23. The number of aryl methyl sites for hydroxylation is 2. The van der Waals surface area contributed by atoms with Crippen LogP contribution in [0.2, 0.25) is 0 Å². The summed E-state index contributed by atoms with van der Waals surface area (Å²) in [4.78, 5) is 12.1. The van der Waals surface area contributed by atoms with Crippen molar-refractivity contribution < 1.29 is 17.9 Å². The fourth-order valence-corrected chi connectivity index (χ4v) is 3.38. The molecule has 0 radical (unpaired) electrons. The fraction of sp³-hybridized carbons (Fsp3) is 0.500. The summed E-state index contributed by atoms with van der Waals surface area (Å²) in [6, 6.07) is 5.08. The number of nitrogens with one attached hydrogen (secondary N) is 1. The molecule has 1 aromatic carbocycles. The molecule has 1 aromatic rings. The van der Waals surface area contributed by atoms with Crippen molar-refractivity contribution in [1.82, 2.24) is 5.32 Å². The highest BCUT2D eigenvalue weighted by Gasteiger charge is 2.30. The van der Waals surface area contributed by atoms with Gasteiger partial charge >= 0.3 is 0 Å². The summed E-state index contributed by atoms with van der Waals surface area (Å²) in [6.45, 7) is 5.67.